The first-order valence-electron chi connectivity index (χ1n) is 5.55. The van der Waals surface area contributed by atoms with E-state index in [9.17, 15) is 4.79 Å². The maximum Gasteiger partial charge on any atom is 0.225 e. The average molecular weight is 248 g/mol. The van der Waals surface area contributed by atoms with Crippen molar-refractivity contribution >= 4 is 23.4 Å². The van der Waals surface area contributed by atoms with Gasteiger partial charge in [-0.2, -0.15) is 5.26 Å². The van der Waals surface area contributed by atoms with E-state index in [1.54, 1.807) is 11.8 Å². The Labute approximate surface area is 106 Å². The summed E-state index contributed by atoms with van der Waals surface area (Å²) in [4.78, 5) is 12.6. The lowest BCUT2D eigenvalue weighted by Gasteiger charge is -2.07. The van der Waals surface area contributed by atoms with Crippen molar-refractivity contribution in [2.75, 3.05) is 5.32 Å². The van der Waals surface area contributed by atoms with Gasteiger partial charge in [-0.3, -0.25) is 4.79 Å². The van der Waals surface area contributed by atoms with Crippen LogP contribution in [0.4, 0.5) is 5.69 Å². The number of rotatable bonds is 5. The Kier molecular flexibility index (Phi) is 5.58. The van der Waals surface area contributed by atoms with Crippen LogP contribution in [-0.4, -0.2) is 11.2 Å². The normalized spacial score (nSPS) is 10.0. The van der Waals surface area contributed by atoms with E-state index in [0.29, 0.717) is 5.25 Å². The molecule has 0 fully saturated rings. The lowest BCUT2D eigenvalue weighted by atomic mass is 10.3. The van der Waals surface area contributed by atoms with Crippen molar-refractivity contribution in [3.05, 3.63) is 24.3 Å². The van der Waals surface area contributed by atoms with Gasteiger partial charge in [0.25, 0.3) is 0 Å². The monoisotopic (exact) mass is 248 g/mol. The molecule has 1 N–H and O–H groups in total. The zero-order valence-electron chi connectivity index (χ0n) is 10.1. The van der Waals surface area contributed by atoms with E-state index >= 15 is 0 Å². The molecule has 0 saturated heterocycles. The van der Waals surface area contributed by atoms with E-state index in [0.717, 1.165) is 5.69 Å². The standard InChI is InChI=1S/C13H16N2OS/c1-10(2)17-12-7-5-11(6-8-12)15-13(16)4-3-9-14/h5-8,10H,3-4H2,1-2H3,(H,15,16). The summed E-state index contributed by atoms with van der Waals surface area (Å²) in [5.41, 5.74) is 0.779. The number of hydrogen-bond donors (Lipinski definition) is 1. The molecular weight excluding hydrogens is 232 g/mol. The van der Waals surface area contributed by atoms with Crippen LogP contribution < -0.4 is 5.32 Å². The Morgan fingerprint density at radius 2 is 2.06 bits per heavy atom. The number of thioether (sulfide) groups is 1. The fourth-order valence-corrected chi connectivity index (χ4v) is 2.12. The summed E-state index contributed by atoms with van der Waals surface area (Å²) >= 11 is 1.78. The third-order valence-electron chi connectivity index (χ3n) is 1.97. The summed E-state index contributed by atoms with van der Waals surface area (Å²) < 4.78 is 0. The maximum atomic E-state index is 11.4. The first kappa shape index (κ1) is 13.6. The minimum absolute atomic E-state index is 0.115. The van der Waals surface area contributed by atoms with Gasteiger partial charge in [0.15, 0.2) is 0 Å². The highest BCUT2D eigenvalue weighted by Crippen LogP contribution is 2.24. The first-order valence-corrected chi connectivity index (χ1v) is 6.43. The Morgan fingerprint density at radius 3 is 2.59 bits per heavy atom. The van der Waals surface area contributed by atoms with Gasteiger partial charge in [-0.1, -0.05) is 13.8 Å². The molecule has 0 aliphatic carbocycles. The number of carbonyl (C=O) groups excluding carboxylic acids is 1. The lowest BCUT2D eigenvalue weighted by Crippen LogP contribution is -2.10. The highest BCUT2D eigenvalue weighted by molar-refractivity contribution is 7.99. The quantitative estimate of drug-likeness (QED) is 0.812. The van der Waals surface area contributed by atoms with Gasteiger partial charge in [0.2, 0.25) is 5.91 Å². The van der Waals surface area contributed by atoms with Crippen molar-refractivity contribution < 1.29 is 4.79 Å². The molecule has 0 unspecified atom stereocenters. The number of hydrogen-bond acceptors (Lipinski definition) is 3. The van der Waals surface area contributed by atoms with Crippen LogP contribution in [0.3, 0.4) is 0 Å². The number of anilines is 1. The van der Waals surface area contributed by atoms with Crippen molar-refractivity contribution in [2.45, 2.75) is 36.8 Å². The molecule has 0 aliphatic rings. The summed E-state index contributed by atoms with van der Waals surface area (Å²) in [5.74, 6) is -0.115. The van der Waals surface area contributed by atoms with E-state index in [1.807, 2.05) is 30.3 Å². The average Bonchev–Trinajstić information content (AvgIpc) is 2.28. The Balaban J connectivity index is 2.51. The molecule has 1 amide bonds. The first-order chi connectivity index (χ1) is 8.11. The van der Waals surface area contributed by atoms with Gasteiger partial charge < -0.3 is 5.32 Å². The van der Waals surface area contributed by atoms with Crippen molar-refractivity contribution in [1.29, 1.82) is 5.26 Å². The summed E-state index contributed by atoms with van der Waals surface area (Å²) in [6, 6.07) is 9.70. The van der Waals surface area contributed by atoms with Gasteiger partial charge in [-0.25, -0.2) is 0 Å². The zero-order chi connectivity index (χ0) is 12.7. The molecule has 0 radical (unpaired) electrons. The van der Waals surface area contributed by atoms with E-state index < -0.39 is 0 Å². The zero-order valence-corrected chi connectivity index (χ0v) is 10.9. The van der Waals surface area contributed by atoms with Crippen LogP contribution in [0.15, 0.2) is 29.2 Å². The van der Waals surface area contributed by atoms with Gasteiger partial charge in [-0.05, 0) is 24.3 Å². The van der Waals surface area contributed by atoms with Gasteiger partial charge in [0, 0.05) is 28.7 Å². The Morgan fingerprint density at radius 1 is 1.41 bits per heavy atom. The Bertz CT molecular complexity index is 406. The third kappa shape index (κ3) is 5.41. The number of nitrogens with one attached hydrogen (secondary N) is 1. The number of nitrogens with zero attached hydrogens (tertiary/aromatic N) is 1. The van der Waals surface area contributed by atoms with Gasteiger partial charge >= 0.3 is 0 Å². The molecule has 3 nitrogen and oxygen atoms in total. The summed E-state index contributed by atoms with van der Waals surface area (Å²) in [6.45, 7) is 4.28. The molecule has 0 spiro atoms. The maximum absolute atomic E-state index is 11.4. The number of carbonyl (C=O) groups is 1. The van der Waals surface area contributed by atoms with Crippen molar-refractivity contribution in [3.8, 4) is 6.07 Å². The number of benzene rings is 1. The van der Waals surface area contributed by atoms with Crippen LogP contribution in [0.25, 0.3) is 0 Å². The van der Waals surface area contributed by atoms with E-state index in [4.69, 9.17) is 5.26 Å². The summed E-state index contributed by atoms with van der Waals surface area (Å²) in [5, 5.41) is 11.7. The molecule has 1 aromatic carbocycles. The molecule has 17 heavy (non-hydrogen) atoms. The molecule has 0 bridgehead atoms. The van der Waals surface area contributed by atoms with Crippen LogP contribution in [0, 0.1) is 11.3 Å². The second kappa shape index (κ2) is 6.97. The predicted octanol–water partition coefficient (Wildman–Crippen LogP) is 3.43. The van der Waals surface area contributed by atoms with Crippen molar-refractivity contribution in [3.63, 3.8) is 0 Å². The molecule has 0 aliphatic heterocycles. The fraction of sp³-hybridized carbons (Fsp3) is 0.385. The SMILES string of the molecule is CC(C)Sc1ccc(NC(=O)CCC#N)cc1. The van der Waals surface area contributed by atoms with Gasteiger partial charge in [0.05, 0.1) is 6.07 Å². The topological polar surface area (TPSA) is 52.9 Å². The van der Waals surface area contributed by atoms with Gasteiger partial charge in [0.1, 0.15) is 0 Å². The lowest BCUT2D eigenvalue weighted by molar-refractivity contribution is -0.116. The molecule has 0 aromatic heterocycles. The molecule has 0 heterocycles. The highest BCUT2D eigenvalue weighted by atomic mass is 32.2. The molecule has 0 atom stereocenters. The minimum atomic E-state index is -0.115. The molecule has 4 heteroatoms. The molecule has 1 rings (SSSR count). The highest BCUT2D eigenvalue weighted by Gasteiger charge is 2.02. The molecule has 90 valence electrons. The number of amides is 1. The second-order valence-corrected chi connectivity index (χ2v) is 5.55. The third-order valence-corrected chi connectivity index (χ3v) is 2.99. The molecule has 1 aromatic rings. The predicted molar refractivity (Wildman–Crippen MR) is 70.9 cm³/mol. The minimum Gasteiger partial charge on any atom is -0.326 e. The van der Waals surface area contributed by atoms with E-state index in [1.165, 1.54) is 4.90 Å². The molecular formula is C13H16N2OS. The van der Waals surface area contributed by atoms with E-state index in [-0.39, 0.29) is 18.7 Å². The number of nitriles is 1. The van der Waals surface area contributed by atoms with Crippen molar-refractivity contribution in [2.24, 2.45) is 0 Å². The fourth-order valence-electron chi connectivity index (χ4n) is 1.28. The second-order valence-electron chi connectivity index (χ2n) is 3.90. The van der Waals surface area contributed by atoms with Crippen LogP contribution in [0.1, 0.15) is 26.7 Å². The van der Waals surface area contributed by atoms with Crippen molar-refractivity contribution in [1.82, 2.24) is 0 Å². The van der Waals surface area contributed by atoms with Crippen LogP contribution >= 0.6 is 11.8 Å². The largest absolute Gasteiger partial charge is 0.326 e. The smallest absolute Gasteiger partial charge is 0.225 e. The van der Waals surface area contributed by atoms with Crippen LogP contribution in [0.5, 0.6) is 0 Å². The van der Waals surface area contributed by atoms with Gasteiger partial charge in [-0.15, -0.1) is 11.8 Å². The molecule has 0 saturated carbocycles. The van der Waals surface area contributed by atoms with Crippen LogP contribution in [0.2, 0.25) is 0 Å². The summed E-state index contributed by atoms with van der Waals surface area (Å²) in [6.07, 6.45) is 0.506. The van der Waals surface area contributed by atoms with E-state index in [2.05, 4.69) is 19.2 Å². The Hall–Kier alpha value is -1.47. The summed E-state index contributed by atoms with van der Waals surface area (Å²) in [7, 11) is 0. The van der Waals surface area contributed by atoms with Crippen LogP contribution in [-0.2, 0) is 4.79 Å².